The first-order valence-corrected chi connectivity index (χ1v) is 17.3. The molecule has 6 amide bonds. The van der Waals surface area contributed by atoms with E-state index in [9.17, 15) is 33.6 Å². The molecule has 16 nitrogen and oxygen atoms in total. The molecule has 2 aliphatic heterocycles. The number of ether oxygens (including phenoxy) is 5. The molecule has 3 N–H and O–H groups in total. The Morgan fingerprint density at radius 1 is 0.882 bits per heavy atom. The van der Waals surface area contributed by atoms with Gasteiger partial charge in [-0.1, -0.05) is 13.0 Å². The molecule has 0 aromatic heterocycles. The maximum absolute atomic E-state index is 13.1. The SMILES string of the molecule is C[C@@H](CCC(=O)NCCCOCCOCCOCCCNC(=O)COc1cccc2c1C(=O)N(C1CCC(=O)NC1=O)C2=O)C(=O)OC(C)(C)C. The van der Waals surface area contributed by atoms with Gasteiger partial charge in [-0.25, -0.2) is 0 Å². The second kappa shape index (κ2) is 20.4. The second-order valence-corrected chi connectivity index (χ2v) is 13.1. The fourth-order valence-electron chi connectivity index (χ4n) is 5.10. The van der Waals surface area contributed by atoms with Crippen molar-refractivity contribution < 1.29 is 57.2 Å². The van der Waals surface area contributed by atoms with Crippen molar-refractivity contribution in [3.63, 3.8) is 0 Å². The van der Waals surface area contributed by atoms with Crippen LogP contribution in [0.1, 0.15) is 86.9 Å². The van der Waals surface area contributed by atoms with Gasteiger partial charge in [0.2, 0.25) is 17.7 Å². The lowest BCUT2D eigenvalue weighted by atomic mass is 10.0. The number of carbonyl (C=O) groups excluding carboxylic acids is 7. The van der Waals surface area contributed by atoms with Crippen molar-refractivity contribution in [2.45, 2.75) is 77.9 Å². The molecule has 2 aliphatic rings. The topological polar surface area (TPSA) is 205 Å². The summed E-state index contributed by atoms with van der Waals surface area (Å²) in [6.45, 7) is 10.0. The lowest BCUT2D eigenvalue weighted by Gasteiger charge is -2.27. The van der Waals surface area contributed by atoms with E-state index >= 15 is 0 Å². The molecule has 2 atom stereocenters. The minimum absolute atomic E-state index is 0.0105. The molecule has 0 bridgehead atoms. The molecule has 1 fully saturated rings. The van der Waals surface area contributed by atoms with Gasteiger partial charge in [0.15, 0.2) is 6.61 Å². The van der Waals surface area contributed by atoms with Crippen LogP contribution in [0.5, 0.6) is 5.75 Å². The zero-order chi connectivity index (χ0) is 37.4. The van der Waals surface area contributed by atoms with Crippen molar-refractivity contribution >= 4 is 41.4 Å². The molecule has 0 spiro atoms. The number of hydrogen-bond donors (Lipinski definition) is 3. The molecule has 1 aromatic carbocycles. The van der Waals surface area contributed by atoms with Gasteiger partial charge in [0, 0.05) is 39.1 Å². The highest BCUT2D eigenvalue weighted by Crippen LogP contribution is 2.33. The molecule has 0 radical (unpaired) electrons. The third-order valence-corrected chi connectivity index (χ3v) is 7.72. The van der Waals surface area contributed by atoms with Crippen LogP contribution < -0.4 is 20.7 Å². The molecule has 16 heteroatoms. The Hall–Kier alpha value is -4.41. The minimum Gasteiger partial charge on any atom is -0.483 e. The van der Waals surface area contributed by atoms with Gasteiger partial charge in [-0.3, -0.25) is 43.8 Å². The lowest BCUT2D eigenvalue weighted by Crippen LogP contribution is -2.54. The summed E-state index contributed by atoms with van der Waals surface area (Å²) in [5, 5.41) is 7.67. The van der Waals surface area contributed by atoms with E-state index in [1.165, 1.54) is 18.2 Å². The van der Waals surface area contributed by atoms with E-state index in [1.807, 2.05) is 20.8 Å². The summed E-state index contributed by atoms with van der Waals surface area (Å²) in [4.78, 5) is 87.0. The summed E-state index contributed by atoms with van der Waals surface area (Å²) in [7, 11) is 0. The van der Waals surface area contributed by atoms with Gasteiger partial charge in [0.1, 0.15) is 17.4 Å². The van der Waals surface area contributed by atoms with E-state index in [1.54, 1.807) is 6.92 Å². The van der Waals surface area contributed by atoms with Crippen LogP contribution in [0.25, 0.3) is 0 Å². The lowest BCUT2D eigenvalue weighted by molar-refractivity contribution is -0.159. The number of nitrogens with one attached hydrogen (secondary N) is 3. The number of fused-ring (bicyclic) bond motifs is 1. The van der Waals surface area contributed by atoms with Crippen molar-refractivity contribution in [2.75, 3.05) is 59.3 Å². The largest absolute Gasteiger partial charge is 0.483 e. The number of nitrogens with zero attached hydrogens (tertiary/aromatic N) is 1. The highest BCUT2D eigenvalue weighted by Gasteiger charge is 2.46. The van der Waals surface area contributed by atoms with E-state index in [-0.39, 0.29) is 53.9 Å². The summed E-state index contributed by atoms with van der Waals surface area (Å²) in [6.07, 6.45) is 1.92. The molecule has 51 heavy (non-hydrogen) atoms. The summed E-state index contributed by atoms with van der Waals surface area (Å²) in [5.74, 6) is -3.69. The first kappa shape index (κ1) is 41.0. The molecule has 1 saturated heterocycles. The van der Waals surface area contributed by atoms with Crippen molar-refractivity contribution in [3.05, 3.63) is 29.3 Å². The van der Waals surface area contributed by atoms with E-state index < -0.39 is 47.8 Å². The van der Waals surface area contributed by atoms with Gasteiger partial charge >= 0.3 is 5.97 Å². The summed E-state index contributed by atoms with van der Waals surface area (Å²) >= 11 is 0. The van der Waals surface area contributed by atoms with Gasteiger partial charge in [0.25, 0.3) is 17.7 Å². The highest BCUT2D eigenvalue weighted by atomic mass is 16.6. The van der Waals surface area contributed by atoms with Crippen LogP contribution in [-0.2, 0) is 42.9 Å². The minimum atomic E-state index is -1.10. The summed E-state index contributed by atoms with van der Waals surface area (Å²) < 4.78 is 27.4. The number of carbonyl (C=O) groups is 7. The van der Waals surface area contributed by atoms with Crippen LogP contribution in [0.4, 0.5) is 0 Å². The fourth-order valence-corrected chi connectivity index (χ4v) is 5.10. The average Bonchev–Trinajstić information content (AvgIpc) is 3.32. The average molecular weight is 719 g/mol. The van der Waals surface area contributed by atoms with Gasteiger partial charge in [-0.2, -0.15) is 0 Å². The van der Waals surface area contributed by atoms with E-state index in [0.717, 1.165) is 4.90 Å². The van der Waals surface area contributed by atoms with Crippen LogP contribution >= 0.6 is 0 Å². The molecule has 3 rings (SSSR count). The van der Waals surface area contributed by atoms with E-state index in [0.29, 0.717) is 72.0 Å². The van der Waals surface area contributed by atoms with Gasteiger partial charge in [-0.15, -0.1) is 0 Å². The molecular weight excluding hydrogens is 668 g/mol. The van der Waals surface area contributed by atoms with Gasteiger partial charge in [-0.05, 0) is 58.6 Å². The van der Waals surface area contributed by atoms with Crippen molar-refractivity contribution in [3.8, 4) is 5.75 Å². The molecule has 0 saturated carbocycles. The monoisotopic (exact) mass is 718 g/mol. The van der Waals surface area contributed by atoms with E-state index in [4.69, 9.17) is 23.7 Å². The number of benzene rings is 1. The second-order valence-electron chi connectivity index (χ2n) is 13.1. The zero-order valence-electron chi connectivity index (χ0n) is 29.8. The molecular formula is C35H50N4O12. The predicted molar refractivity (Wildman–Crippen MR) is 181 cm³/mol. The first-order chi connectivity index (χ1) is 24.3. The molecule has 1 aromatic rings. The van der Waals surface area contributed by atoms with Crippen LogP contribution in [0, 0.1) is 5.92 Å². The number of hydrogen-bond acceptors (Lipinski definition) is 12. The quantitative estimate of drug-likeness (QED) is 0.0882. The van der Waals surface area contributed by atoms with Gasteiger partial charge < -0.3 is 34.3 Å². The predicted octanol–water partition coefficient (Wildman–Crippen LogP) is 1.29. The summed E-state index contributed by atoms with van der Waals surface area (Å²) in [5.41, 5.74) is -0.508. The fraction of sp³-hybridized carbons (Fsp3) is 0.629. The van der Waals surface area contributed by atoms with E-state index in [2.05, 4.69) is 16.0 Å². The zero-order valence-corrected chi connectivity index (χ0v) is 29.8. The van der Waals surface area contributed by atoms with Crippen LogP contribution in [0.2, 0.25) is 0 Å². The van der Waals surface area contributed by atoms with Crippen LogP contribution in [0.15, 0.2) is 18.2 Å². The molecule has 282 valence electrons. The maximum Gasteiger partial charge on any atom is 0.309 e. The third kappa shape index (κ3) is 13.7. The molecule has 2 heterocycles. The number of amides is 6. The maximum atomic E-state index is 13.1. The summed E-state index contributed by atoms with van der Waals surface area (Å²) in [6, 6.07) is 3.34. The Balaban J connectivity index is 1.15. The third-order valence-electron chi connectivity index (χ3n) is 7.72. The molecule has 0 aliphatic carbocycles. The Bertz CT molecular complexity index is 1410. The Morgan fingerprint density at radius 2 is 1.49 bits per heavy atom. The van der Waals surface area contributed by atoms with Crippen LogP contribution in [-0.4, -0.2) is 117 Å². The molecule has 1 unspecified atom stereocenters. The number of piperidine rings is 1. The smallest absolute Gasteiger partial charge is 0.309 e. The highest BCUT2D eigenvalue weighted by molar-refractivity contribution is 6.24. The van der Waals surface area contributed by atoms with Crippen LogP contribution in [0.3, 0.4) is 0 Å². The van der Waals surface area contributed by atoms with Crippen molar-refractivity contribution in [2.24, 2.45) is 5.92 Å². The first-order valence-electron chi connectivity index (χ1n) is 17.3. The van der Waals surface area contributed by atoms with Crippen molar-refractivity contribution in [1.82, 2.24) is 20.9 Å². The Labute approximate surface area is 297 Å². The number of rotatable bonds is 22. The Kier molecular flexibility index (Phi) is 16.4. The number of imide groups is 2. The number of esters is 1. The Morgan fingerprint density at radius 3 is 2.10 bits per heavy atom. The normalized spacial score (nSPS) is 16.4. The van der Waals surface area contributed by atoms with Gasteiger partial charge in [0.05, 0.1) is 43.5 Å². The standard InChI is InChI=1S/C35H50N4O12/c1-23(34(46)51-35(2,3)4)10-12-27(40)36-14-6-16-47-18-20-49-21-19-48-17-7-15-37-29(42)22-50-26-9-5-8-24-30(26)33(45)39(32(24)44)25-11-13-28(41)38-31(25)43/h5,8-9,23,25H,6-7,10-22H2,1-4H3,(H,36,40)(H,37,42)(H,38,41,43)/t23-,25?/m0/s1. The van der Waals surface area contributed by atoms with Crippen molar-refractivity contribution in [1.29, 1.82) is 0 Å².